The smallest absolute Gasteiger partial charge is 0.297 e. The second kappa shape index (κ2) is 3.98. The highest BCUT2D eigenvalue weighted by Gasteiger charge is 2.14. The summed E-state index contributed by atoms with van der Waals surface area (Å²) in [5.41, 5.74) is 0.564. The van der Waals surface area contributed by atoms with E-state index in [9.17, 15) is 10.0 Å². The van der Waals surface area contributed by atoms with E-state index in [1.807, 2.05) is 0 Å². The molecule has 0 radical (unpaired) electrons. The van der Waals surface area contributed by atoms with Crippen molar-refractivity contribution in [1.29, 1.82) is 0 Å². The summed E-state index contributed by atoms with van der Waals surface area (Å²) in [6.45, 7) is 0. The summed E-state index contributed by atoms with van der Waals surface area (Å²) in [4.78, 5) is 10.7. The molecule has 0 fully saturated rings. The van der Waals surface area contributed by atoms with E-state index in [1.165, 1.54) is 7.11 Å². The normalized spacial score (nSPS) is 10.4. The van der Waals surface area contributed by atoms with Crippen LogP contribution in [-0.2, 0) is 0 Å². The predicted molar refractivity (Wildman–Crippen MR) is 59.9 cm³/mol. The van der Waals surface area contributed by atoms with Crippen molar-refractivity contribution in [3.05, 3.63) is 40.2 Å². The van der Waals surface area contributed by atoms with Gasteiger partial charge in [-0.15, -0.1) is 0 Å². The van der Waals surface area contributed by atoms with Gasteiger partial charge in [-0.3, -0.25) is 4.79 Å². The molecule has 0 N–H and O–H groups in total. The largest absolute Gasteiger partial charge is 0.617 e. The maximum absolute atomic E-state index is 11.7. The fourth-order valence-corrected chi connectivity index (χ4v) is 1.68. The molecule has 1 aromatic carbocycles. The van der Waals surface area contributed by atoms with Crippen molar-refractivity contribution in [2.24, 2.45) is 0 Å². The van der Waals surface area contributed by atoms with Crippen LogP contribution in [0, 0.1) is 5.21 Å². The molecule has 2 aromatic rings. The Morgan fingerprint density at radius 2 is 2.19 bits per heavy atom. The molecule has 0 saturated heterocycles. The van der Waals surface area contributed by atoms with E-state index < -0.39 is 0 Å². The zero-order valence-corrected chi connectivity index (χ0v) is 9.19. The van der Waals surface area contributed by atoms with Crippen LogP contribution in [0.15, 0.2) is 24.3 Å². The predicted octanol–water partition coefficient (Wildman–Crippen LogP) is 1.95. The lowest BCUT2D eigenvalue weighted by atomic mass is 10.1. The van der Waals surface area contributed by atoms with Gasteiger partial charge in [-0.1, -0.05) is 0 Å². The van der Waals surface area contributed by atoms with Crippen LogP contribution in [0.2, 0.25) is 5.15 Å². The standard InChI is InChI=1S/C11H8ClNO3/c1-16-9-2-3-10-7(5-9)4-8(6-14)11(12)13(10)15/h2-6H,1H3. The van der Waals surface area contributed by atoms with Crippen molar-refractivity contribution in [3.63, 3.8) is 0 Å². The summed E-state index contributed by atoms with van der Waals surface area (Å²) in [6.07, 6.45) is 0.551. The monoisotopic (exact) mass is 237 g/mol. The number of hydrogen-bond acceptors (Lipinski definition) is 3. The third-order valence-electron chi connectivity index (χ3n) is 2.31. The van der Waals surface area contributed by atoms with Gasteiger partial charge in [-0.05, 0) is 29.8 Å². The molecule has 0 atom stereocenters. The third kappa shape index (κ3) is 1.57. The number of aldehydes is 1. The first kappa shape index (κ1) is 10.7. The zero-order valence-electron chi connectivity index (χ0n) is 8.44. The average molecular weight is 238 g/mol. The van der Waals surface area contributed by atoms with Gasteiger partial charge in [0.1, 0.15) is 11.3 Å². The molecular formula is C11H8ClNO3. The number of rotatable bonds is 2. The van der Waals surface area contributed by atoms with Crippen LogP contribution in [0.1, 0.15) is 10.4 Å². The number of carbonyl (C=O) groups is 1. The zero-order chi connectivity index (χ0) is 11.7. The number of aromatic nitrogens is 1. The highest BCUT2D eigenvalue weighted by molar-refractivity contribution is 6.31. The van der Waals surface area contributed by atoms with E-state index in [0.717, 1.165) is 0 Å². The van der Waals surface area contributed by atoms with Gasteiger partial charge in [-0.25, -0.2) is 0 Å². The Morgan fingerprint density at radius 3 is 2.81 bits per heavy atom. The fourth-order valence-electron chi connectivity index (χ4n) is 1.49. The van der Waals surface area contributed by atoms with Gasteiger partial charge in [0, 0.05) is 6.07 Å². The Labute approximate surface area is 96.6 Å². The Balaban J connectivity index is 2.81. The first-order valence-electron chi connectivity index (χ1n) is 4.52. The van der Waals surface area contributed by atoms with Crippen molar-refractivity contribution in [1.82, 2.24) is 0 Å². The van der Waals surface area contributed by atoms with Crippen molar-refractivity contribution in [3.8, 4) is 5.75 Å². The number of hydrogen-bond donors (Lipinski definition) is 0. The molecule has 0 spiro atoms. The Kier molecular flexibility index (Phi) is 2.66. The van der Waals surface area contributed by atoms with Crippen LogP contribution in [-0.4, -0.2) is 13.4 Å². The Bertz CT molecular complexity index is 569. The van der Waals surface area contributed by atoms with Crippen LogP contribution in [0.4, 0.5) is 0 Å². The lowest BCUT2D eigenvalue weighted by molar-refractivity contribution is -0.574. The molecule has 0 aliphatic heterocycles. The minimum atomic E-state index is -0.118. The number of fused-ring (bicyclic) bond motifs is 1. The van der Waals surface area contributed by atoms with Gasteiger partial charge < -0.3 is 9.94 Å². The van der Waals surface area contributed by atoms with E-state index in [-0.39, 0.29) is 10.7 Å². The van der Waals surface area contributed by atoms with Crippen LogP contribution < -0.4 is 9.47 Å². The maximum atomic E-state index is 11.7. The van der Waals surface area contributed by atoms with Gasteiger partial charge >= 0.3 is 0 Å². The second-order valence-electron chi connectivity index (χ2n) is 3.23. The van der Waals surface area contributed by atoms with Crippen molar-refractivity contribution in [2.45, 2.75) is 0 Å². The molecule has 0 aliphatic rings. The molecule has 16 heavy (non-hydrogen) atoms. The number of ether oxygens (including phenoxy) is 1. The minimum absolute atomic E-state index is 0.118. The molecular weight excluding hydrogens is 230 g/mol. The molecule has 5 heteroatoms. The first-order chi connectivity index (χ1) is 7.67. The molecule has 0 saturated carbocycles. The summed E-state index contributed by atoms with van der Waals surface area (Å²) >= 11 is 5.73. The topological polar surface area (TPSA) is 53.2 Å². The number of halogens is 1. The number of pyridine rings is 1. The van der Waals surface area contributed by atoms with E-state index in [4.69, 9.17) is 16.3 Å². The van der Waals surface area contributed by atoms with Crippen LogP contribution >= 0.6 is 11.6 Å². The van der Waals surface area contributed by atoms with E-state index in [2.05, 4.69) is 0 Å². The highest BCUT2D eigenvalue weighted by Crippen LogP contribution is 2.21. The molecule has 0 unspecified atom stereocenters. The minimum Gasteiger partial charge on any atom is -0.617 e. The van der Waals surface area contributed by atoms with Gasteiger partial charge in [-0.2, -0.15) is 4.73 Å². The molecule has 1 aromatic heterocycles. The molecule has 4 nitrogen and oxygen atoms in total. The highest BCUT2D eigenvalue weighted by atomic mass is 35.5. The van der Waals surface area contributed by atoms with Crippen molar-refractivity contribution >= 4 is 28.8 Å². The van der Waals surface area contributed by atoms with E-state index in [0.29, 0.717) is 27.7 Å². The quantitative estimate of drug-likeness (QED) is 0.347. The lowest BCUT2D eigenvalue weighted by Gasteiger charge is -2.06. The van der Waals surface area contributed by atoms with Crippen LogP contribution in [0.3, 0.4) is 0 Å². The SMILES string of the molecule is COc1ccc2c(c1)cc(C=O)c(Cl)[n+]2[O-]. The molecule has 0 bridgehead atoms. The summed E-state index contributed by atoms with van der Waals surface area (Å²) in [7, 11) is 1.53. The van der Waals surface area contributed by atoms with Gasteiger partial charge in [0.2, 0.25) is 5.52 Å². The summed E-state index contributed by atoms with van der Waals surface area (Å²) in [5, 5.41) is 12.2. The summed E-state index contributed by atoms with van der Waals surface area (Å²) in [5.74, 6) is 0.617. The van der Waals surface area contributed by atoms with Crippen molar-refractivity contribution in [2.75, 3.05) is 7.11 Å². The maximum Gasteiger partial charge on any atom is 0.297 e. The Morgan fingerprint density at radius 1 is 1.44 bits per heavy atom. The fraction of sp³-hybridized carbons (Fsp3) is 0.0909. The second-order valence-corrected chi connectivity index (χ2v) is 3.59. The molecule has 82 valence electrons. The lowest BCUT2D eigenvalue weighted by Crippen LogP contribution is -2.29. The van der Waals surface area contributed by atoms with Gasteiger partial charge in [0.25, 0.3) is 5.15 Å². The van der Waals surface area contributed by atoms with Crippen molar-refractivity contribution < 1.29 is 14.3 Å². The van der Waals surface area contributed by atoms with E-state index >= 15 is 0 Å². The molecule has 2 rings (SSSR count). The third-order valence-corrected chi connectivity index (χ3v) is 2.68. The van der Waals surface area contributed by atoms with Gasteiger partial charge in [0.15, 0.2) is 6.29 Å². The number of carbonyl (C=O) groups excluding carboxylic acids is 1. The van der Waals surface area contributed by atoms with Gasteiger partial charge in [0.05, 0.1) is 12.5 Å². The summed E-state index contributed by atoms with van der Waals surface area (Å²) < 4.78 is 5.56. The average Bonchev–Trinajstić information content (AvgIpc) is 2.33. The number of nitrogens with zero attached hydrogens (tertiary/aromatic N) is 1. The summed E-state index contributed by atoms with van der Waals surface area (Å²) in [6, 6.07) is 6.49. The molecule has 0 aliphatic carbocycles. The Hall–Kier alpha value is -1.81. The number of benzene rings is 1. The number of methoxy groups -OCH3 is 1. The van der Waals surface area contributed by atoms with Crippen LogP contribution in [0.25, 0.3) is 10.9 Å². The molecule has 1 heterocycles. The van der Waals surface area contributed by atoms with E-state index in [1.54, 1.807) is 24.3 Å². The molecule has 0 amide bonds. The first-order valence-corrected chi connectivity index (χ1v) is 4.90. The van der Waals surface area contributed by atoms with Crippen LogP contribution in [0.5, 0.6) is 5.75 Å².